The number of hydrogen-bond donors (Lipinski definition) is 1. The van der Waals surface area contributed by atoms with Gasteiger partial charge in [-0.1, -0.05) is 6.42 Å². The Balaban J connectivity index is 1.81. The Bertz CT molecular complexity index is 652. The maximum Gasteiger partial charge on any atom is 0.248 e. The molecule has 1 aromatic rings. The van der Waals surface area contributed by atoms with Crippen molar-refractivity contribution >= 4 is 15.8 Å². The zero-order valence-corrected chi connectivity index (χ0v) is 13.7. The van der Waals surface area contributed by atoms with E-state index in [1.807, 2.05) is 0 Å². The predicted octanol–water partition coefficient (Wildman–Crippen LogP) is 1.37. The van der Waals surface area contributed by atoms with Gasteiger partial charge in [0.1, 0.15) is 4.90 Å². The molecule has 21 heavy (non-hydrogen) atoms. The van der Waals surface area contributed by atoms with Gasteiger partial charge in [0.25, 0.3) is 0 Å². The molecule has 6 nitrogen and oxygen atoms in total. The summed E-state index contributed by atoms with van der Waals surface area (Å²) in [5.41, 5.74) is 6.39. The quantitative estimate of drug-likeness (QED) is 0.910. The molecule has 2 N–H and O–H groups in total. The SMILES string of the molecule is Cc1c(S(=O)(=O)N(C)CC2CC3CCC2C3)c(N)nn1C. The van der Waals surface area contributed by atoms with Crippen molar-refractivity contribution in [2.24, 2.45) is 24.8 Å². The summed E-state index contributed by atoms with van der Waals surface area (Å²) >= 11 is 0. The van der Waals surface area contributed by atoms with Crippen LogP contribution < -0.4 is 5.73 Å². The number of aryl methyl sites for hydroxylation is 1. The lowest BCUT2D eigenvalue weighted by Crippen LogP contribution is -2.34. The van der Waals surface area contributed by atoms with Crippen molar-refractivity contribution in [3.8, 4) is 0 Å². The second kappa shape index (κ2) is 4.98. The first kappa shape index (κ1) is 14.8. The lowest BCUT2D eigenvalue weighted by Gasteiger charge is -2.26. The molecule has 3 rings (SSSR count). The van der Waals surface area contributed by atoms with E-state index in [1.54, 1.807) is 21.0 Å². The highest BCUT2D eigenvalue weighted by Gasteiger charge is 2.41. The van der Waals surface area contributed by atoms with Gasteiger partial charge in [0.05, 0.1) is 5.69 Å². The number of sulfonamides is 1. The number of nitrogens with zero attached hydrogens (tertiary/aromatic N) is 3. The van der Waals surface area contributed by atoms with E-state index in [-0.39, 0.29) is 10.7 Å². The van der Waals surface area contributed by atoms with Crippen LogP contribution in [0, 0.1) is 24.7 Å². The lowest BCUT2D eigenvalue weighted by molar-refractivity contribution is 0.280. The Morgan fingerprint density at radius 3 is 2.57 bits per heavy atom. The zero-order valence-electron chi connectivity index (χ0n) is 12.9. The molecule has 1 aromatic heterocycles. The van der Waals surface area contributed by atoms with Crippen LogP contribution in [0.15, 0.2) is 4.90 Å². The smallest absolute Gasteiger partial charge is 0.248 e. The Morgan fingerprint density at radius 2 is 2.10 bits per heavy atom. The fourth-order valence-corrected chi connectivity index (χ4v) is 5.63. The number of aromatic nitrogens is 2. The summed E-state index contributed by atoms with van der Waals surface area (Å²) in [4.78, 5) is 0.163. The number of nitrogens with two attached hydrogens (primary N) is 1. The highest BCUT2D eigenvalue weighted by atomic mass is 32.2. The Morgan fingerprint density at radius 1 is 1.38 bits per heavy atom. The highest BCUT2D eigenvalue weighted by Crippen LogP contribution is 2.48. The van der Waals surface area contributed by atoms with E-state index in [1.165, 1.54) is 34.7 Å². The van der Waals surface area contributed by atoms with E-state index in [4.69, 9.17) is 5.73 Å². The van der Waals surface area contributed by atoms with Crippen molar-refractivity contribution in [3.63, 3.8) is 0 Å². The first-order chi connectivity index (χ1) is 9.80. The standard InChI is InChI=1S/C14H24N4O2S/c1-9-13(14(15)16-18(9)3)21(19,20)17(2)8-12-7-10-4-5-11(12)6-10/h10-12H,4-8H2,1-3H3,(H2,15,16). The summed E-state index contributed by atoms with van der Waals surface area (Å²) in [6.45, 7) is 2.33. The number of fused-ring (bicyclic) bond motifs is 2. The maximum atomic E-state index is 12.8. The zero-order chi connectivity index (χ0) is 15.4. The van der Waals surface area contributed by atoms with Crippen LogP contribution in [-0.2, 0) is 17.1 Å². The van der Waals surface area contributed by atoms with Gasteiger partial charge < -0.3 is 5.73 Å². The van der Waals surface area contributed by atoms with Crippen LogP contribution in [0.1, 0.15) is 31.4 Å². The molecule has 0 aromatic carbocycles. The van der Waals surface area contributed by atoms with Gasteiger partial charge >= 0.3 is 0 Å². The summed E-state index contributed by atoms with van der Waals surface area (Å²) in [5, 5.41) is 4.02. The van der Waals surface area contributed by atoms with E-state index >= 15 is 0 Å². The minimum atomic E-state index is -3.56. The molecule has 2 aliphatic rings. The van der Waals surface area contributed by atoms with Crippen LogP contribution in [0.5, 0.6) is 0 Å². The van der Waals surface area contributed by atoms with Gasteiger partial charge in [0.2, 0.25) is 10.0 Å². The van der Waals surface area contributed by atoms with Crippen LogP contribution >= 0.6 is 0 Å². The average molecular weight is 312 g/mol. The largest absolute Gasteiger partial charge is 0.381 e. The van der Waals surface area contributed by atoms with Crippen LogP contribution in [0.25, 0.3) is 0 Å². The maximum absolute atomic E-state index is 12.8. The third-order valence-electron chi connectivity index (χ3n) is 5.35. The van der Waals surface area contributed by atoms with Gasteiger partial charge in [0, 0.05) is 20.6 Å². The Hall–Kier alpha value is -1.08. The van der Waals surface area contributed by atoms with E-state index in [2.05, 4.69) is 5.10 Å². The second-order valence-corrected chi connectivity index (χ2v) is 8.63. The molecule has 0 radical (unpaired) electrons. The normalized spacial score (nSPS) is 28.7. The molecule has 2 saturated carbocycles. The van der Waals surface area contributed by atoms with Crippen molar-refractivity contribution < 1.29 is 8.42 Å². The summed E-state index contributed by atoms with van der Waals surface area (Å²) in [7, 11) is -0.190. The summed E-state index contributed by atoms with van der Waals surface area (Å²) in [6.07, 6.45) is 5.04. The van der Waals surface area contributed by atoms with Crippen molar-refractivity contribution in [2.45, 2.75) is 37.5 Å². The fraction of sp³-hybridized carbons (Fsp3) is 0.786. The summed E-state index contributed by atoms with van der Waals surface area (Å²) < 4.78 is 28.5. The Kier molecular flexibility index (Phi) is 3.52. The van der Waals surface area contributed by atoms with Gasteiger partial charge in [-0.15, -0.1) is 0 Å². The molecule has 2 aliphatic carbocycles. The lowest BCUT2D eigenvalue weighted by atomic mass is 9.89. The van der Waals surface area contributed by atoms with Crippen LogP contribution in [0.4, 0.5) is 5.82 Å². The van der Waals surface area contributed by atoms with Crippen molar-refractivity contribution in [1.82, 2.24) is 14.1 Å². The van der Waals surface area contributed by atoms with Gasteiger partial charge in [-0.05, 0) is 43.9 Å². The molecule has 3 unspecified atom stereocenters. The molecule has 1 heterocycles. The topological polar surface area (TPSA) is 81.2 Å². The summed E-state index contributed by atoms with van der Waals surface area (Å²) in [6, 6.07) is 0. The third kappa shape index (κ3) is 2.36. The van der Waals surface area contributed by atoms with Crippen molar-refractivity contribution in [2.75, 3.05) is 19.3 Å². The highest BCUT2D eigenvalue weighted by molar-refractivity contribution is 7.89. The molecule has 0 saturated heterocycles. The number of anilines is 1. The predicted molar refractivity (Wildman–Crippen MR) is 81.1 cm³/mol. The van der Waals surface area contributed by atoms with Crippen LogP contribution in [0.2, 0.25) is 0 Å². The van der Waals surface area contributed by atoms with E-state index in [9.17, 15) is 8.42 Å². The fourth-order valence-electron chi connectivity index (χ4n) is 4.12. The van der Waals surface area contributed by atoms with Gasteiger partial charge in [-0.3, -0.25) is 4.68 Å². The van der Waals surface area contributed by atoms with Crippen molar-refractivity contribution in [1.29, 1.82) is 0 Å². The van der Waals surface area contributed by atoms with Crippen LogP contribution in [-0.4, -0.2) is 36.1 Å². The first-order valence-corrected chi connectivity index (χ1v) is 9.00. The molecule has 0 aliphatic heterocycles. The van der Waals surface area contributed by atoms with Gasteiger partial charge in [-0.2, -0.15) is 5.10 Å². The van der Waals surface area contributed by atoms with E-state index in [0.29, 0.717) is 24.1 Å². The summed E-state index contributed by atoms with van der Waals surface area (Å²) in [5.74, 6) is 2.12. The van der Waals surface area contributed by atoms with E-state index < -0.39 is 10.0 Å². The molecular formula is C14H24N4O2S. The second-order valence-electron chi connectivity index (χ2n) is 6.64. The number of nitrogen functional groups attached to an aromatic ring is 1. The monoisotopic (exact) mass is 312 g/mol. The minimum absolute atomic E-state index is 0.0924. The Labute approximate surface area is 126 Å². The molecule has 7 heteroatoms. The van der Waals surface area contributed by atoms with Gasteiger partial charge in [0.15, 0.2) is 5.82 Å². The van der Waals surface area contributed by atoms with E-state index in [0.717, 1.165) is 5.92 Å². The molecule has 3 atom stereocenters. The number of hydrogen-bond acceptors (Lipinski definition) is 4. The van der Waals surface area contributed by atoms with Crippen molar-refractivity contribution in [3.05, 3.63) is 5.69 Å². The first-order valence-electron chi connectivity index (χ1n) is 7.56. The molecular weight excluding hydrogens is 288 g/mol. The minimum Gasteiger partial charge on any atom is -0.381 e. The average Bonchev–Trinajstić information content (AvgIpc) is 3.05. The molecule has 0 spiro atoms. The third-order valence-corrected chi connectivity index (χ3v) is 7.34. The molecule has 0 amide bonds. The molecule has 118 valence electrons. The molecule has 2 bridgehead atoms. The van der Waals surface area contributed by atoms with Crippen LogP contribution in [0.3, 0.4) is 0 Å². The number of rotatable bonds is 4. The molecule has 2 fully saturated rings. The van der Waals surface area contributed by atoms with Gasteiger partial charge in [-0.25, -0.2) is 12.7 Å².